The molecule has 0 aliphatic heterocycles. The highest BCUT2D eigenvalue weighted by Gasteiger charge is 2.11. The zero-order valence-corrected chi connectivity index (χ0v) is 10.3. The maximum Gasteiger partial charge on any atom is 0.420 e. The molecule has 1 aromatic carbocycles. The minimum absolute atomic E-state index is 0.110. The van der Waals surface area contributed by atoms with E-state index in [9.17, 15) is 4.79 Å². The first-order valence-corrected chi connectivity index (χ1v) is 5.97. The Kier molecular flexibility index (Phi) is 3.33. The molecule has 0 unspecified atom stereocenters. The fourth-order valence-corrected chi connectivity index (χ4v) is 2.03. The first-order valence-electron chi connectivity index (χ1n) is 5.97. The molecular formula is C13H18N2O2. The number of hydrogen-bond acceptors (Lipinski definition) is 3. The molecule has 0 bridgehead atoms. The summed E-state index contributed by atoms with van der Waals surface area (Å²) in [5, 5.41) is 0. The first-order chi connectivity index (χ1) is 8.13. The van der Waals surface area contributed by atoms with E-state index in [0.717, 1.165) is 23.9 Å². The number of rotatable bonds is 4. The van der Waals surface area contributed by atoms with Crippen LogP contribution in [-0.2, 0) is 6.42 Å². The van der Waals surface area contributed by atoms with E-state index < -0.39 is 0 Å². The molecule has 0 aliphatic rings. The van der Waals surface area contributed by atoms with Gasteiger partial charge in [-0.15, -0.1) is 0 Å². The highest BCUT2D eigenvalue weighted by atomic mass is 16.4. The van der Waals surface area contributed by atoms with Crippen molar-refractivity contribution >= 4 is 11.1 Å². The summed E-state index contributed by atoms with van der Waals surface area (Å²) in [6.45, 7) is 4.62. The van der Waals surface area contributed by atoms with Gasteiger partial charge in [-0.2, -0.15) is 0 Å². The van der Waals surface area contributed by atoms with Crippen molar-refractivity contribution in [2.24, 2.45) is 5.73 Å². The molecule has 4 nitrogen and oxygen atoms in total. The highest BCUT2D eigenvalue weighted by molar-refractivity contribution is 5.73. The lowest BCUT2D eigenvalue weighted by molar-refractivity contribution is 0.478. The molecule has 1 heterocycles. The van der Waals surface area contributed by atoms with Crippen LogP contribution in [0.1, 0.15) is 31.9 Å². The van der Waals surface area contributed by atoms with Gasteiger partial charge in [0.15, 0.2) is 5.58 Å². The molecule has 2 rings (SSSR count). The molecule has 0 amide bonds. The molecule has 17 heavy (non-hydrogen) atoms. The Morgan fingerprint density at radius 2 is 2.18 bits per heavy atom. The highest BCUT2D eigenvalue weighted by Crippen LogP contribution is 2.18. The first kappa shape index (κ1) is 11.9. The van der Waals surface area contributed by atoms with E-state index in [1.54, 1.807) is 4.57 Å². The van der Waals surface area contributed by atoms with Crippen molar-refractivity contribution in [3.05, 3.63) is 34.3 Å². The predicted molar refractivity (Wildman–Crippen MR) is 68.2 cm³/mol. The van der Waals surface area contributed by atoms with Crippen molar-refractivity contribution in [1.29, 1.82) is 0 Å². The smallest absolute Gasteiger partial charge is 0.408 e. The summed E-state index contributed by atoms with van der Waals surface area (Å²) in [5.74, 6) is -0.286. The Bertz CT molecular complexity index is 566. The van der Waals surface area contributed by atoms with Crippen LogP contribution in [0.4, 0.5) is 0 Å². The fourth-order valence-electron chi connectivity index (χ4n) is 2.03. The number of benzene rings is 1. The summed E-state index contributed by atoms with van der Waals surface area (Å²) in [4.78, 5) is 11.7. The molecule has 92 valence electrons. The van der Waals surface area contributed by atoms with Crippen LogP contribution in [0.3, 0.4) is 0 Å². The van der Waals surface area contributed by atoms with Crippen molar-refractivity contribution in [2.75, 3.05) is 6.54 Å². The minimum Gasteiger partial charge on any atom is -0.408 e. The van der Waals surface area contributed by atoms with Gasteiger partial charge < -0.3 is 10.2 Å². The Balaban J connectivity index is 2.46. The van der Waals surface area contributed by atoms with E-state index in [-0.39, 0.29) is 11.8 Å². The van der Waals surface area contributed by atoms with Crippen LogP contribution in [0.25, 0.3) is 11.1 Å². The van der Waals surface area contributed by atoms with Crippen molar-refractivity contribution in [2.45, 2.75) is 32.7 Å². The molecule has 0 atom stereocenters. The number of nitrogens with two attached hydrogens (primary N) is 1. The lowest BCUT2D eigenvalue weighted by atomic mass is 10.1. The lowest BCUT2D eigenvalue weighted by Gasteiger charge is -2.05. The average Bonchev–Trinajstić information content (AvgIpc) is 2.61. The van der Waals surface area contributed by atoms with Crippen LogP contribution in [0.15, 0.2) is 27.4 Å². The van der Waals surface area contributed by atoms with Gasteiger partial charge in [0.05, 0.1) is 5.52 Å². The Morgan fingerprint density at radius 3 is 2.82 bits per heavy atom. The third kappa shape index (κ3) is 2.26. The molecule has 2 N–H and O–H groups in total. The van der Waals surface area contributed by atoms with Crippen LogP contribution in [0.5, 0.6) is 0 Å². The largest absolute Gasteiger partial charge is 0.420 e. The predicted octanol–water partition coefficient (Wildman–Crippen LogP) is 2.07. The van der Waals surface area contributed by atoms with Crippen LogP contribution >= 0.6 is 0 Å². The molecule has 0 aliphatic carbocycles. The SMILES string of the molecule is CC(C)n1c(=O)oc2cc(CCCN)ccc21. The summed E-state index contributed by atoms with van der Waals surface area (Å²) in [7, 11) is 0. The lowest BCUT2D eigenvalue weighted by Crippen LogP contribution is -2.15. The molecule has 1 aromatic heterocycles. The number of aromatic nitrogens is 1. The number of nitrogens with zero attached hydrogens (tertiary/aromatic N) is 1. The summed E-state index contributed by atoms with van der Waals surface area (Å²) >= 11 is 0. The zero-order chi connectivity index (χ0) is 12.4. The molecule has 0 spiro atoms. The zero-order valence-electron chi connectivity index (χ0n) is 10.3. The summed E-state index contributed by atoms with van der Waals surface area (Å²) in [5.41, 5.74) is 8.17. The molecule has 2 aromatic rings. The van der Waals surface area contributed by atoms with Crippen molar-refractivity contribution in [3.8, 4) is 0 Å². The third-order valence-electron chi connectivity index (χ3n) is 2.86. The normalized spacial score (nSPS) is 11.5. The molecule has 4 heteroatoms. The van der Waals surface area contributed by atoms with E-state index in [1.807, 2.05) is 32.0 Å². The number of oxazole rings is 1. The van der Waals surface area contributed by atoms with Gasteiger partial charge in [-0.25, -0.2) is 4.79 Å². The van der Waals surface area contributed by atoms with E-state index in [0.29, 0.717) is 12.1 Å². The van der Waals surface area contributed by atoms with Crippen LogP contribution in [0.2, 0.25) is 0 Å². The van der Waals surface area contributed by atoms with Crippen molar-refractivity contribution < 1.29 is 4.42 Å². The van der Waals surface area contributed by atoms with Crippen molar-refractivity contribution in [3.63, 3.8) is 0 Å². The Labute approximate surface area is 100 Å². The third-order valence-corrected chi connectivity index (χ3v) is 2.86. The second-order valence-corrected chi connectivity index (χ2v) is 4.53. The van der Waals surface area contributed by atoms with E-state index >= 15 is 0 Å². The average molecular weight is 234 g/mol. The second-order valence-electron chi connectivity index (χ2n) is 4.53. The van der Waals surface area contributed by atoms with Gasteiger partial charge in [0, 0.05) is 6.04 Å². The minimum atomic E-state index is -0.286. The molecule has 0 fully saturated rings. The second kappa shape index (κ2) is 4.75. The van der Waals surface area contributed by atoms with Crippen LogP contribution < -0.4 is 11.5 Å². The standard InChI is InChI=1S/C13H18N2O2/c1-9(2)15-11-6-5-10(4-3-7-14)8-12(11)17-13(15)16/h5-6,8-9H,3-4,7,14H2,1-2H3. The van der Waals surface area contributed by atoms with Crippen LogP contribution in [0, 0.1) is 0 Å². The molecule has 0 radical (unpaired) electrons. The Morgan fingerprint density at radius 1 is 1.41 bits per heavy atom. The van der Waals surface area contributed by atoms with Gasteiger partial charge in [0.1, 0.15) is 0 Å². The summed E-state index contributed by atoms with van der Waals surface area (Å²) in [6, 6.07) is 6.03. The monoisotopic (exact) mass is 234 g/mol. The van der Waals surface area contributed by atoms with E-state index in [1.165, 1.54) is 0 Å². The van der Waals surface area contributed by atoms with Gasteiger partial charge in [-0.1, -0.05) is 6.07 Å². The van der Waals surface area contributed by atoms with Crippen LogP contribution in [-0.4, -0.2) is 11.1 Å². The van der Waals surface area contributed by atoms with Gasteiger partial charge in [-0.3, -0.25) is 4.57 Å². The van der Waals surface area contributed by atoms with Gasteiger partial charge >= 0.3 is 5.76 Å². The summed E-state index contributed by atoms with van der Waals surface area (Å²) in [6.07, 6.45) is 1.86. The molecule has 0 saturated heterocycles. The van der Waals surface area contributed by atoms with Crippen molar-refractivity contribution in [1.82, 2.24) is 4.57 Å². The molecular weight excluding hydrogens is 216 g/mol. The molecule has 0 saturated carbocycles. The number of aryl methyl sites for hydroxylation is 1. The van der Waals surface area contributed by atoms with Gasteiger partial charge in [0.2, 0.25) is 0 Å². The maximum atomic E-state index is 11.7. The quantitative estimate of drug-likeness (QED) is 0.880. The fraction of sp³-hybridized carbons (Fsp3) is 0.462. The van der Waals surface area contributed by atoms with E-state index in [2.05, 4.69) is 0 Å². The van der Waals surface area contributed by atoms with Gasteiger partial charge in [-0.05, 0) is 50.9 Å². The number of hydrogen-bond donors (Lipinski definition) is 1. The maximum absolute atomic E-state index is 11.7. The summed E-state index contributed by atoms with van der Waals surface area (Å²) < 4.78 is 6.93. The van der Waals surface area contributed by atoms with Gasteiger partial charge in [0.25, 0.3) is 0 Å². The number of fused-ring (bicyclic) bond motifs is 1. The Hall–Kier alpha value is -1.55. The topological polar surface area (TPSA) is 61.2 Å². The van der Waals surface area contributed by atoms with E-state index in [4.69, 9.17) is 10.2 Å².